The topological polar surface area (TPSA) is 49.8 Å². The molecule has 0 aliphatic carbocycles. The van der Waals surface area contributed by atoms with Crippen LogP contribution in [0.25, 0.3) is 0 Å². The van der Waals surface area contributed by atoms with E-state index in [1.165, 1.54) is 0 Å². The highest BCUT2D eigenvalue weighted by Gasteiger charge is 2.26. The van der Waals surface area contributed by atoms with Gasteiger partial charge in [-0.25, -0.2) is 4.79 Å². The van der Waals surface area contributed by atoms with Crippen molar-refractivity contribution in [2.45, 2.75) is 18.6 Å². The van der Waals surface area contributed by atoms with Gasteiger partial charge in [-0.05, 0) is 32.0 Å². The van der Waals surface area contributed by atoms with E-state index in [1.54, 1.807) is 24.3 Å². The van der Waals surface area contributed by atoms with Crippen molar-refractivity contribution in [3.8, 4) is 5.75 Å². The van der Waals surface area contributed by atoms with Gasteiger partial charge in [-0.1, -0.05) is 6.07 Å². The van der Waals surface area contributed by atoms with Crippen LogP contribution in [0.5, 0.6) is 5.75 Å². The third-order valence-electron chi connectivity index (χ3n) is 3.26. The number of nitrogens with zero attached hydrogens (tertiary/aromatic N) is 1. The standard InChI is InChI=1S/C15H21NO3S/c1-15(2)11-16(7-9-20-15)6-8-19-13-5-3-4-12(10-13)14(17)18/h3-5,10H,6-9,11H2,1-2H3,(H,17,18). The van der Waals surface area contributed by atoms with Gasteiger partial charge in [0.1, 0.15) is 12.4 Å². The van der Waals surface area contributed by atoms with Crippen LogP contribution in [0.15, 0.2) is 24.3 Å². The quantitative estimate of drug-likeness (QED) is 0.905. The first-order valence-corrected chi connectivity index (χ1v) is 7.77. The first-order chi connectivity index (χ1) is 9.46. The maximum Gasteiger partial charge on any atom is 0.335 e. The second kappa shape index (κ2) is 6.50. The number of ether oxygens (including phenoxy) is 1. The second-order valence-corrected chi connectivity index (χ2v) is 7.37. The molecule has 1 aromatic rings. The summed E-state index contributed by atoms with van der Waals surface area (Å²) >= 11 is 2.01. The normalized spacial score (nSPS) is 18.7. The Hall–Kier alpha value is -1.20. The number of thioether (sulfide) groups is 1. The molecule has 1 fully saturated rings. The smallest absolute Gasteiger partial charge is 0.335 e. The van der Waals surface area contributed by atoms with Crippen LogP contribution in [0.3, 0.4) is 0 Å². The molecule has 0 amide bonds. The second-order valence-electron chi connectivity index (χ2n) is 5.57. The third kappa shape index (κ3) is 4.42. The Morgan fingerprint density at radius 2 is 2.30 bits per heavy atom. The van der Waals surface area contributed by atoms with E-state index in [0.29, 0.717) is 17.1 Å². The largest absolute Gasteiger partial charge is 0.492 e. The molecule has 0 saturated carbocycles. The molecule has 1 aromatic carbocycles. The number of carboxylic acid groups (broad SMARTS) is 1. The van der Waals surface area contributed by atoms with Gasteiger partial charge < -0.3 is 9.84 Å². The summed E-state index contributed by atoms with van der Waals surface area (Å²) in [6.07, 6.45) is 0. The van der Waals surface area contributed by atoms with Gasteiger partial charge in [0.25, 0.3) is 0 Å². The summed E-state index contributed by atoms with van der Waals surface area (Å²) in [4.78, 5) is 13.3. The summed E-state index contributed by atoms with van der Waals surface area (Å²) in [5.41, 5.74) is 0.262. The lowest BCUT2D eigenvalue weighted by molar-refractivity contribution is 0.0696. The number of carboxylic acids is 1. The van der Waals surface area contributed by atoms with E-state index >= 15 is 0 Å². The van der Waals surface area contributed by atoms with Gasteiger partial charge in [-0.2, -0.15) is 11.8 Å². The molecule has 1 aliphatic rings. The molecule has 2 rings (SSSR count). The molecule has 110 valence electrons. The summed E-state index contributed by atoms with van der Waals surface area (Å²) < 4.78 is 5.96. The zero-order valence-corrected chi connectivity index (χ0v) is 12.8. The van der Waals surface area contributed by atoms with Gasteiger partial charge in [0.05, 0.1) is 5.56 Å². The molecule has 20 heavy (non-hydrogen) atoms. The zero-order chi connectivity index (χ0) is 14.6. The number of hydrogen-bond acceptors (Lipinski definition) is 4. The summed E-state index contributed by atoms with van der Waals surface area (Å²) in [5.74, 6) is 0.849. The van der Waals surface area contributed by atoms with E-state index < -0.39 is 5.97 Å². The average Bonchev–Trinajstić information content (AvgIpc) is 2.38. The summed E-state index contributed by atoms with van der Waals surface area (Å²) in [6.45, 7) is 8.15. The van der Waals surface area contributed by atoms with E-state index in [1.807, 2.05) is 11.8 Å². The van der Waals surface area contributed by atoms with Gasteiger partial charge in [-0.15, -0.1) is 0 Å². The highest BCUT2D eigenvalue weighted by atomic mass is 32.2. The molecular weight excluding hydrogens is 274 g/mol. The SMILES string of the molecule is CC1(C)CN(CCOc2cccc(C(=O)O)c2)CCS1. The van der Waals surface area contributed by atoms with Gasteiger partial charge in [0.2, 0.25) is 0 Å². The molecule has 0 radical (unpaired) electrons. The Morgan fingerprint density at radius 3 is 3.00 bits per heavy atom. The first kappa shape index (κ1) is 15.2. The van der Waals surface area contributed by atoms with Crippen LogP contribution in [-0.2, 0) is 0 Å². The van der Waals surface area contributed by atoms with Crippen LogP contribution in [-0.4, -0.2) is 52.7 Å². The van der Waals surface area contributed by atoms with Gasteiger partial charge >= 0.3 is 5.97 Å². The highest BCUT2D eigenvalue weighted by Crippen LogP contribution is 2.29. The molecular formula is C15H21NO3S. The minimum atomic E-state index is -0.926. The minimum Gasteiger partial charge on any atom is -0.492 e. The van der Waals surface area contributed by atoms with Crippen LogP contribution in [0.1, 0.15) is 24.2 Å². The van der Waals surface area contributed by atoms with Crippen molar-refractivity contribution in [1.29, 1.82) is 0 Å². The van der Waals surface area contributed by atoms with E-state index in [9.17, 15) is 4.79 Å². The van der Waals surface area contributed by atoms with Crippen LogP contribution >= 0.6 is 11.8 Å². The summed E-state index contributed by atoms with van der Waals surface area (Å²) in [5, 5.41) is 8.93. The zero-order valence-electron chi connectivity index (χ0n) is 12.0. The summed E-state index contributed by atoms with van der Waals surface area (Å²) in [6, 6.07) is 6.64. The van der Waals surface area contributed by atoms with Crippen LogP contribution in [0, 0.1) is 0 Å². The van der Waals surface area contributed by atoms with E-state index in [4.69, 9.17) is 9.84 Å². The lowest BCUT2D eigenvalue weighted by atomic mass is 10.2. The Labute approximate surface area is 124 Å². The number of aromatic carboxylic acids is 1. The molecule has 0 spiro atoms. The molecule has 0 aromatic heterocycles. The van der Waals surface area contributed by atoms with Crippen LogP contribution in [0.2, 0.25) is 0 Å². The monoisotopic (exact) mass is 295 g/mol. The minimum absolute atomic E-state index is 0.262. The predicted octanol–water partition coefficient (Wildman–Crippen LogP) is 2.59. The number of carbonyl (C=O) groups is 1. The Bertz CT molecular complexity index is 476. The molecule has 0 unspecified atom stereocenters. The molecule has 1 saturated heterocycles. The van der Waals surface area contributed by atoms with E-state index in [2.05, 4.69) is 18.7 Å². The molecule has 0 atom stereocenters. The van der Waals surface area contributed by atoms with Crippen molar-refractivity contribution in [2.75, 3.05) is 32.0 Å². The Morgan fingerprint density at radius 1 is 1.50 bits per heavy atom. The number of benzene rings is 1. The number of rotatable bonds is 5. The van der Waals surface area contributed by atoms with Crippen molar-refractivity contribution in [3.63, 3.8) is 0 Å². The average molecular weight is 295 g/mol. The van der Waals surface area contributed by atoms with Crippen LogP contribution in [0.4, 0.5) is 0 Å². The van der Waals surface area contributed by atoms with Crippen molar-refractivity contribution in [2.24, 2.45) is 0 Å². The van der Waals surface area contributed by atoms with Crippen molar-refractivity contribution in [3.05, 3.63) is 29.8 Å². The fourth-order valence-corrected chi connectivity index (χ4v) is 3.49. The number of hydrogen-bond donors (Lipinski definition) is 1. The lowest BCUT2D eigenvalue weighted by Crippen LogP contribution is -2.44. The summed E-state index contributed by atoms with van der Waals surface area (Å²) in [7, 11) is 0. The molecule has 1 aliphatic heterocycles. The fraction of sp³-hybridized carbons (Fsp3) is 0.533. The van der Waals surface area contributed by atoms with Gasteiger partial charge in [-0.3, -0.25) is 4.90 Å². The highest BCUT2D eigenvalue weighted by molar-refractivity contribution is 8.00. The first-order valence-electron chi connectivity index (χ1n) is 6.79. The maximum absolute atomic E-state index is 10.9. The lowest BCUT2D eigenvalue weighted by Gasteiger charge is -2.37. The van der Waals surface area contributed by atoms with Crippen molar-refractivity contribution >= 4 is 17.7 Å². The molecule has 0 bridgehead atoms. The van der Waals surface area contributed by atoms with Gasteiger partial charge in [0.15, 0.2) is 0 Å². The predicted molar refractivity (Wildman–Crippen MR) is 81.9 cm³/mol. The molecule has 1 heterocycles. The third-order valence-corrected chi connectivity index (χ3v) is 4.56. The Kier molecular flexibility index (Phi) is 4.94. The molecule has 5 heteroatoms. The Balaban J connectivity index is 1.81. The maximum atomic E-state index is 10.9. The fourth-order valence-electron chi connectivity index (χ4n) is 2.32. The van der Waals surface area contributed by atoms with Crippen molar-refractivity contribution in [1.82, 2.24) is 4.90 Å². The van der Waals surface area contributed by atoms with Crippen LogP contribution < -0.4 is 4.74 Å². The van der Waals surface area contributed by atoms with E-state index in [-0.39, 0.29) is 5.56 Å². The van der Waals surface area contributed by atoms with E-state index in [0.717, 1.165) is 25.4 Å². The van der Waals surface area contributed by atoms with Crippen molar-refractivity contribution < 1.29 is 14.6 Å². The molecule has 4 nitrogen and oxygen atoms in total. The molecule has 1 N–H and O–H groups in total. The van der Waals surface area contributed by atoms with Gasteiger partial charge in [0, 0.05) is 30.1 Å².